The van der Waals surface area contributed by atoms with Gasteiger partial charge in [-0.3, -0.25) is 9.59 Å². The molecule has 0 aliphatic carbocycles. The summed E-state index contributed by atoms with van der Waals surface area (Å²) in [4.78, 5) is 28.5. The molecule has 2 N–H and O–H groups in total. The number of para-hydroxylation sites is 1. The second-order valence-corrected chi connectivity index (χ2v) is 7.21. The number of carbonyl (C=O) groups excluding carboxylic acids is 2. The van der Waals surface area contributed by atoms with Crippen molar-refractivity contribution in [3.8, 4) is 6.07 Å². The van der Waals surface area contributed by atoms with Gasteiger partial charge in [-0.1, -0.05) is 54.1 Å². The van der Waals surface area contributed by atoms with Crippen molar-refractivity contribution < 1.29 is 9.59 Å². The predicted molar refractivity (Wildman–Crippen MR) is 122 cm³/mol. The minimum atomic E-state index is -0.370. The summed E-state index contributed by atoms with van der Waals surface area (Å²) in [5.74, 6) is -0.715. The molecule has 0 fully saturated rings. The number of Topliss-reactive ketones (excluding diaryl/α,β-unsaturated/α-hetero) is 1. The summed E-state index contributed by atoms with van der Waals surface area (Å²) >= 11 is 6.08. The molecule has 5 nitrogen and oxygen atoms in total. The van der Waals surface area contributed by atoms with E-state index >= 15 is 0 Å². The van der Waals surface area contributed by atoms with Crippen LogP contribution in [0.1, 0.15) is 26.3 Å². The quantitative estimate of drug-likeness (QED) is 0.238. The van der Waals surface area contributed by atoms with Crippen LogP contribution in [0.2, 0.25) is 5.02 Å². The van der Waals surface area contributed by atoms with E-state index in [1.54, 1.807) is 54.7 Å². The Morgan fingerprint density at radius 1 is 0.968 bits per heavy atom. The first-order valence-electron chi connectivity index (χ1n) is 9.45. The zero-order valence-corrected chi connectivity index (χ0v) is 17.0. The number of nitrogens with one attached hydrogen (secondary N) is 2. The van der Waals surface area contributed by atoms with Crippen LogP contribution in [0.4, 0.5) is 5.69 Å². The molecule has 31 heavy (non-hydrogen) atoms. The molecule has 150 valence electrons. The number of halogens is 1. The van der Waals surface area contributed by atoms with Crippen LogP contribution >= 0.6 is 11.6 Å². The fourth-order valence-electron chi connectivity index (χ4n) is 3.27. The van der Waals surface area contributed by atoms with Crippen LogP contribution in [0.3, 0.4) is 0 Å². The van der Waals surface area contributed by atoms with Gasteiger partial charge in [-0.25, -0.2) is 0 Å². The molecule has 0 saturated heterocycles. The first kappa shape index (κ1) is 20.1. The number of fused-ring (bicyclic) bond motifs is 1. The summed E-state index contributed by atoms with van der Waals surface area (Å²) in [7, 11) is 0. The monoisotopic (exact) mass is 425 g/mol. The van der Waals surface area contributed by atoms with Crippen molar-refractivity contribution in [2.45, 2.75) is 0 Å². The number of benzene rings is 3. The van der Waals surface area contributed by atoms with Crippen LogP contribution in [-0.2, 0) is 0 Å². The fourth-order valence-corrected chi connectivity index (χ4v) is 3.49. The van der Waals surface area contributed by atoms with Crippen molar-refractivity contribution in [3.63, 3.8) is 0 Å². The lowest BCUT2D eigenvalue weighted by Crippen LogP contribution is -2.12. The Morgan fingerprint density at radius 2 is 1.74 bits per heavy atom. The number of aromatic nitrogens is 1. The van der Waals surface area contributed by atoms with Crippen molar-refractivity contribution in [2.75, 3.05) is 5.32 Å². The number of hydrogen-bond donors (Lipinski definition) is 2. The molecule has 1 amide bonds. The van der Waals surface area contributed by atoms with Gasteiger partial charge in [0.15, 0.2) is 0 Å². The van der Waals surface area contributed by atoms with E-state index in [1.165, 1.54) is 6.08 Å². The van der Waals surface area contributed by atoms with E-state index < -0.39 is 0 Å². The molecule has 3 aromatic carbocycles. The zero-order chi connectivity index (χ0) is 21.8. The predicted octanol–water partition coefficient (Wildman–Crippen LogP) is 5.86. The second-order valence-electron chi connectivity index (χ2n) is 6.81. The van der Waals surface area contributed by atoms with Crippen molar-refractivity contribution in [1.82, 2.24) is 4.98 Å². The van der Waals surface area contributed by atoms with Gasteiger partial charge in [0.25, 0.3) is 5.91 Å². The highest BCUT2D eigenvalue weighted by molar-refractivity contribution is 6.34. The van der Waals surface area contributed by atoms with Gasteiger partial charge in [0, 0.05) is 28.4 Å². The van der Waals surface area contributed by atoms with E-state index in [0.717, 1.165) is 10.9 Å². The van der Waals surface area contributed by atoms with Gasteiger partial charge in [0.1, 0.15) is 11.6 Å². The molecule has 4 aromatic rings. The third kappa shape index (κ3) is 4.25. The topological polar surface area (TPSA) is 85.8 Å². The molecule has 4 rings (SSSR count). The SMILES string of the molecule is N#C/C(=C\c1cccc(NC(=O)c2ccccc2Cl)c1)C(=O)c1c[nH]c2ccccc12. The number of nitrogens with zero attached hydrogens (tertiary/aromatic N) is 1. The molecule has 1 heterocycles. The van der Waals surface area contributed by atoms with Crippen LogP contribution in [-0.4, -0.2) is 16.7 Å². The number of carbonyl (C=O) groups is 2. The van der Waals surface area contributed by atoms with Gasteiger partial charge < -0.3 is 10.3 Å². The maximum absolute atomic E-state index is 12.9. The van der Waals surface area contributed by atoms with Gasteiger partial charge in [0.2, 0.25) is 5.78 Å². The van der Waals surface area contributed by atoms with E-state index in [1.807, 2.05) is 30.3 Å². The molecule has 0 aliphatic rings. The number of anilines is 1. The molecular weight excluding hydrogens is 410 g/mol. The summed E-state index contributed by atoms with van der Waals surface area (Å²) in [5, 5.41) is 13.5. The van der Waals surface area contributed by atoms with Gasteiger partial charge in [-0.05, 0) is 42.0 Å². The lowest BCUT2D eigenvalue weighted by molar-refractivity contribution is 0.102. The molecular formula is C25H16ClN3O2. The molecule has 1 aromatic heterocycles. The number of ketones is 1. The lowest BCUT2D eigenvalue weighted by Gasteiger charge is -2.07. The number of nitriles is 1. The van der Waals surface area contributed by atoms with Gasteiger partial charge in [-0.2, -0.15) is 5.26 Å². The highest BCUT2D eigenvalue weighted by Gasteiger charge is 2.16. The van der Waals surface area contributed by atoms with Crippen molar-refractivity contribution >= 4 is 46.0 Å². The summed E-state index contributed by atoms with van der Waals surface area (Å²) in [6.45, 7) is 0. The second kappa shape index (κ2) is 8.70. The smallest absolute Gasteiger partial charge is 0.257 e. The van der Waals surface area contributed by atoms with Crippen LogP contribution < -0.4 is 5.32 Å². The Labute approximate surface area is 183 Å². The molecule has 0 bridgehead atoms. The lowest BCUT2D eigenvalue weighted by atomic mass is 10.0. The number of H-pyrrole nitrogens is 1. The summed E-state index contributed by atoms with van der Waals surface area (Å²) in [6.07, 6.45) is 3.12. The molecule has 0 saturated carbocycles. The van der Waals surface area contributed by atoms with E-state index in [-0.39, 0.29) is 17.3 Å². The van der Waals surface area contributed by atoms with Gasteiger partial charge >= 0.3 is 0 Å². The number of aromatic amines is 1. The normalized spacial score (nSPS) is 11.2. The Bertz CT molecular complexity index is 1380. The minimum absolute atomic E-state index is 0.000617. The van der Waals surface area contributed by atoms with Crippen LogP contribution in [0.15, 0.2) is 84.6 Å². The third-order valence-corrected chi connectivity index (χ3v) is 5.10. The largest absolute Gasteiger partial charge is 0.360 e. The summed E-state index contributed by atoms with van der Waals surface area (Å²) in [6, 6.07) is 23.1. The Hall–Kier alpha value is -4.14. The van der Waals surface area contributed by atoms with Gasteiger partial charge in [-0.15, -0.1) is 0 Å². The van der Waals surface area contributed by atoms with E-state index in [2.05, 4.69) is 10.3 Å². The Balaban J connectivity index is 1.60. The molecule has 6 heteroatoms. The maximum Gasteiger partial charge on any atom is 0.257 e. The maximum atomic E-state index is 12.9. The third-order valence-electron chi connectivity index (χ3n) is 4.77. The highest BCUT2D eigenvalue weighted by Crippen LogP contribution is 2.23. The number of rotatable bonds is 5. The average molecular weight is 426 g/mol. The van der Waals surface area contributed by atoms with E-state index in [9.17, 15) is 14.9 Å². The summed E-state index contributed by atoms with van der Waals surface area (Å²) < 4.78 is 0. The van der Waals surface area contributed by atoms with Crippen LogP contribution in [0, 0.1) is 11.3 Å². The van der Waals surface area contributed by atoms with Crippen LogP contribution in [0.25, 0.3) is 17.0 Å². The first-order chi connectivity index (χ1) is 15.1. The molecule has 0 unspecified atom stereocenters. The molecule has 0 atom stereocenters. The molecule has 0 aliphatic heterocycles. The van der Waals surface area contributed by atoms with E-state index in [4.69, 9.17) is 11.6 Å². The van der Waals surface area contributed by atoms with E-state index in [0.29, 0.717) is 27.4 Å². The number of hydrogen-bond acceptors (Lipinski definition) is 3. The van der Waals surface area contributed by atoms with Crippen molar-refractivity contribution in [1.29, 1.82) is 5.26 Å². The minimum Gasteiger partial charge on any atom is -0.360 e. The highest BCUT2D eigenvalue weighted by atomic mass is 35.5. The molecule has 0 spiro atoms. The van der Waals surface area contributed by atoms with Gasteiger partial charge in [0.05, 0.1) is 10.6 Å². The Kier molecular flexibility index (Phi) is 5.65. The first-order valence-corrected chi connectivity index (χ1v) is 9.83. The van der Waals surface area contributed by atoms with Crippen molar-refractivity contribution in [2.24, 2.45) is 0 Å². The Morgan fingerprint density at radius 3 is 2.55 bits per heavy atom. The molecule has 0 radical (unpaired) electrons. The fraction of sp³-hybridized carbons (Fsp3) is 0. The van der Waals surface area contributed by atoms with Crippen molar-refractivity contribution in [3.05, 3.63) is 106 Å². The standard InChI is InChI=1S/C25H16ClN3O2/c26-22-10-3-1-9-20(22)25(31)29-18-7-5-6-16(13-18)12-17(14-27)24(30)21-15-28-23-11-4-2-8-19(21)23/h1-13,15,28H,(H,29,31)/b17-12+. The zero-order valence-electron chi connectivity index (χ0n) is 16.2. The number of allylic oxidation sites excluding steroid dienone is 1. The van der Waals surface area contributed by atoms with Crippen LogP contribution in [0.5, 0.6) is 0 Å². The number of amides is 1. The average Bonchev–Trinajstić information content (AvgIpc) is 3.22. The summed E-state index contributed by atoms with van der Waals surface area (Å²) in [5.41, 5.74) is 2.76.